The van der Waals surface area contributed by atoms with Gasteiger partial charge < -0.3 is 24.8 Å². The van der Waals surface area contributed by atoms with Gasteiger partial charge in [-0.1, -0.05) is 19.0 Å². The van der Waals surface area contributed by atoms with Gasteiger partial charge in [-0.15, -0.1) is 24.0 Å². The average Bonchev–Trinajstić information content (AvgIpc) is 3.35. The second kappa shape index (κ2) is 12.4. The lowest BCUT2D eigenvalue weighted by Crippen LogP contribution is -2.47. The number of aromatic nitrogens is 3. The van der Waals surface area contributed by atoms with Crippen molar-refractivity contribution in [2.24, 2.45) is 12.0 Å². The highest BCUT2D eigenvalue weighted by Gasteiger charge is 2.57. The van der Waals surface area contributed by atoms with Gasteiger partial charge in [-0.05, 0) is 19.8 Å². The number of alkyl halides is 3. The van der Waals surface area contributed by atoms with Crippen LogP contribution in [0, 0.1) is 0 Å². The molecule has 2 aromatic heterocycles. The van der Waals surface area contributed by atoms with E-state index in [1.165, 1.54) is 19.4 Å². The maximum absolute atomic E-state index is 13.6. The Morgan fingerprint density at radius 3 is 2.47 bits per heavy atom. The second-order valence-corrected chi connectivity index (χ2v) is 7.32. The molecule has 182 valence electrons. The van der Waals surface area contributed by atoms with E-state index in [1.54, 1.807) is 0 Å². The fourth-order valence-electron chi connectivity index (χ4n) is 3.31. The molecular weight excluding hydrogens is 540 g/mol. The largest absolute Gasteiger partial charge is 0.424 e. The molecule has 3 N–H and O–H groups in total. The molecule has 2 heterocycles. The van der Waals surface area contributed by atoms with Crippen LogP contribution in [-0.4, -0.2) is 45.0 Å². The Kier molecular flexibility index (Phi) is 10.9. The van der Waals surface area contributed by atoms with Gasteiger partial charge in [0.25, 0.3) is 0 Å². The number of guanidine groups is 1. The summed E-state index contributed by atoms with van der Waals surface area (Å²) in [6.07, 6.45) is -1.03. The molecule has 0 aromatic carbocycles. The predicted octanol–water partition coefficient (Wildman–Crippen LogP) is 3.83. The van der Waals surface area contributed by atoms with Gasteiger partial charge in [0.2, 0.25) is 5.60 Å². The van der Waals surface area contributed by atoms with E-state index >= 15 is 0 Å². The van der Waals surface area contributed by atoms with E-state index < -0.39 is 24.0 Å². The summed E-state index contributed by atoms with van der Waals surface area (Å²) in [4.78, 5) is 8.04. The van der Waals surface area contributed by atoms with E-state index in [4.69, 9.17) is 4.52 Å². The van der Waals surface area contributed by atoms with Crippen LogP contribution in [0.15, 0.2) is 28.0 Å². The van der Waals surface area contributed by atoms with Crippen molar-refractivity contribution in [3.63, 3.8) is 0 Å². The number of rotatable bonds is 10. The molecule has 0 spiro atoms. The van der Waals surface area contributed by atoms with Crippen LogP contribution in [-0.2, 0) is 19.2 Å². The van der Waals surface area contributed by atoms with Crippen LogP contribution < -0.4 is 10.6 Å². The molecule has 32 heavy (non-hydrogen) atoms. The summed E-state index contributed by atoms with van der Waals surface area (Å²) >= 11 is 0. The van der Waals surface area contributed by atoms with Gasteiger partial charge in [-0.3, -0.25) is 0 Å². The number of imidazole rings is 1. The Morgan fingerprint density at radius 2 is 1.94 bits per heavy atom. The summed E-state index contributed by atoms with van der Waals surface area (Å²) < 4.78 is 47.3. The zero-order valence-electron chi connectivity index (χ0n) is 18.7. The number of aliphatic hydroxyl groups is 1. The van der Waals surface area contributed by atoms with Crippen molar-refractivity contribution >= 4 is 29.9 Å². The summed E-state index contributed by atoms with van der Waals surface area (Å²) in [6, 6.07) is 1.86. The molecular formula is C20H32F3IN6O2. The fourth-order valence-corrected chi connectivity index (χ4v) is 3.31. The summed E-state index contributed by atoms with van der Waals surface area (Å²) in [5.41, 5.74) is -2.21. The van der Waals surface area contributed by atoms with E-state index in [-0.39, 0.29) is 37.1 Å². The first-order chi connectivity index (χ1) is 14.7. The third-order valence-electron chi connectivity index (χ3n) is 5.16. The molecule has 0 amide bonds. The third kappa shape index (κ3) is 6.83. The molecule has 0 aliphatic heterocycles. The van der Waals surface area contributed by atoms with Crippen LogP contribution in [0.4, 0.5) is 13.2 Å². The molecule has 2 aromatic rings. The first-order valence-electron chi connectivity index (χ1n) is 10.4. The molecule has 0 saturated heterocycles. The van der Waals surface area contributed by atoms with Crippen molar-refractivity contribution in [1.29, 1.82) is 0 Å². The third-order valence-corrected chi connectivity index (χ3v) is 5.16. The van der Waals surface area contributed by atoms with Gasteiger partial charge in [0, 0.05) is 50.9 Å². The van der Waals surface area contributed by atoms with Crippen molar-refractivity contribution in [2.45, 2.75) is 64.3 Å². The normalized spacial score (nSPS) is 14.2. The monoisotopic (exact) mass is 572 g/mol. The minimum absolute atomic E-state index is 0. The van der Waals surface area contributed by atoms with Gasteiger partial charge in [-0.2, -0.15) is 13.2 Å². The van der Waals surface area contributed by atoms with Crippen molar-refractivity contribution in [1.82, 2.24) is 25.3 Å². The highest BCUT2D eigenvalue weighted by atomic mass is 127. The van der Waals surface area contributed by atoms with E-state index in [0.717, 1.165) is 23.1 Å². The molecule has 0 bridgehead atoms. The molecule has 2 rings (SSSR count). The van der Waals surface area contributed by atoms with Crippen LogP contribution in [0.5, 0.6) is 0 Å². The number of aryl methyl sites for hydroxylation is 1. The van der Waals surface area contributed by atoms with E-state index in [2.05, 4.69) is 39.6 Å². The van der Waals surface area contributed by atoms with E-state index in [0.29, 0.717) is 24.2 Å². The van der Waals surface area contributed by atoms with Crippen molar-refractivity contribution < 1.29 is 22.8 Å². The fraction of sp³-hybridized carbons (Fsp3) is 0.650. The van der Waals surface area contributed by atoms with Crippen molar-refractivity contribution in [2.75, 3.05) is 13.1 Å². The number of halogens is 4. The SMILES string of the molecule is CCNC(=NCc1cc(C(CC)CC)no1)NCCC(O)(c1nccn1C)C(F)(F)F.I. The minimum atomic E-state index is -4.88. The maximum atomic E-state index is 13.6. The molecule has 0 aliphatic rings. The molecule has 0 fully saturated rings. The standard InChI is InChI=1S/C20H31F3N6O2.HI/c1-5-14(6-2)16-12-15(31-28-16)13-27-18(24-7-3)26-9-8-19(30,20(21,22)23)17-25-10-11-29(17)4;/h10-12,14,30H,5-9,13H2,1-4H3,(H2,24,26,27);1H. The smallest absolute Gasteiger partial charge is 0.374 e. The Hall–Kier alpha value is -1.83. The summed E-state index contributed by atoms with van der Waals surface area (Å²) in [7, 11) is 1.41. The van der Waals surface area contributed by atoms with Crippen LogP contribution in [0.25, 0.3) is 0 Å². The quantitative estimate of drug-likeness (QED) is 0.228. The Bertz CT molecular complexity index is 851. The Morgan fingerprint density at radius 1 is 1.25 bits per heavy atom. The van der Waals surface area contributed by atoms with Gasteiger partial charge in [0.05, 0.1) is 5.69 Å². The zero-order valence-corrected chi connectivity index (χ0v) is 21.1. The average molecular weight is 572 g/mol. The summed E-state index contributed by atoms with van der Waals surface area (Å²) in [5.74, 6) is 0.740. The molecule has 0 radical (unpaired) electrons. The van der Waals surface area contributed by atoms with Crippen molar-refractivity contribution in [3.05, 3.63) is 35.7 Å². The lowest BCUT2D eigenvalue weighted by Gasteiger charge is -2.30. The number of hydrogen-bond acceptors (Lipinski definition) is 5. The number of hydrogen-bond donors (Lipinski definition) is 3. The second-order valence-electron chi connectivity index (χ2n) is 7.32. The topological polar surface area (TPSA) is 100 Å². The number of nitrogens with one attached hydrogen (secondary N) is 2. The summed E-state index contributed by atoms with van der Waals surface area (Å²) in [5, 5.41) is 20.3. The number of aliphatic imine (C=N–C) groups is 1. The van der Waals surface area contributed by atoms with E-state index in [1.807, 2.05) is 13.0 Å². The van der Waals surface area contributed by atoms with Crippen LogP contribution in [0.3, 0.4) is 0 Å². The van der Waals surface area contributed by atoms with Gasteiger partial charge in [0.1, 0.15) is 12.4 Å². The molecule has 12 heteroatoms. The van der Waals surface area contributed by atoms with Gasteiger partial charge in [0.15, 0.2) is 11.7 Å². The van der Waals surface area contributed by atoms with E-state index in [9.17, 15) is 18.3 Å². The van der Waals surface area contributed by atoms with Crippen LogP contribution in [0.2, 0.25) is 0 Å². The van der Waals surface area contributed by atoms with Gasteiger partial charge >= 0.3 is 6.18 Å². The first kappa shape index (κ1) is 28.2. The summed E-state index contributed by atoms with van der Waals surface area (Å²) in [6.45, 7) is 6.54. The minimum Gasteiger partial charge on any atom is -0.374 e. The molecule has 1 atom stereocenters. The zero-order chi connectivity index (χ0) is 23.1. The molecule has 8 nitrogen and oxygen atoms in total. The maximum Gasteiger partial charge on any atom is 0.424 e. The van der Waals surface area contributed by atoms with Crippen LogP contribution in [0.1, 0.15) is 63.2 Å². The van der Waals surface area contributed by atoms with Gasteiger partial charge in [-0.25, -0.2) is 9.98 Å². The Labute approximate surface area is 203 Å². The molecule has 1 unspecified atom stereocenters. The number of nitrogens with zero attached hydrogens (tertiary/aromatic N) is 4. The Balaban J connectivity index is 0.00000512. The molecule has 0 saturated carbocycles. The lowest BCUT2D eigenvalue weighted by molar-refractivity contribution is -0.272. The van der Waals surface area contributed by atoms with Crippen LogP contribution >= 0.6 is 24.0 Å². The molecule has 0 aliphatic carbocycles. The first-order valence-corrected chi connectivity index (χ1v) is 10.4. The predicted molar refractivity (Wildman–Crippen MR) is 126 cm³/mol. The highest BCUT2D eigenvalue weighted by Crippen LogP contribution is 2.40. The lowest BCUT2D eigenvalue weighted by atomic mass is 9.97. The van der Waals surface area contributed by atoms with Crippen molar-refractivity contribution in [3.8, 4) is 0 Å². The highest BCUT2D eigenvalue weighted by molar-refractivity contribution is 14.0.